The first-order valence-corrected chi connectivity index (χ1v) is 7.11. The Kier molecular flexibility index (Phi) is 8.42. The van der Waals surface area contributed by atoms with E-state index < -0.39 is 23.7 Å². The number of carboxylic acids is 1. The number of rotatable bonds is 8. The smallest absolute Gasteiger partial charge is 0.408 e. The zero-order valence-corrected chi connectivity index (χ0v) is 13.2. The molecule has 0 saturated carbocycles. The fraction of sp³-hybridized carbons (Fsp3) is 0.786. The van der Waals surface area contributed by atoms with Crippen molar-refractivity contribution in [3.05, 3.63) is 0 Å². The van der Waals surface area contributed by atoms with E-state index in [1.807, 2.05) is 0 Å². The van der Waals surface area contributed by atoms with Crippen molar-refractivity contribution < 1.29 is 24.2 Å². The molecule has 0 rings (SSSR count). The Balaban J connectivity index is 3.80. The molecule has 0 aliphatic heterocycles. The molecule has 0 bridgehead atoms. The van der Waals surface area contributed by atoms with Crippen molar-refractivity contribution in [3.8, 4) is 0 Å². The molecule has 2 amide bonds. The number of hydrogen-bond donors (Lipinski definition) is 3. The Morgan fingerprint density at radius 2 is 1.76 bits per heavy atom. The summed E-state index contributed by atoms with van der Waals surface area (Å²) in [6, 6.07) is -0.682. The van der Waals surface area contributed by atoms with Gasteiger partial charge in [-0.3, -0.25) is 9.59 Å². The molecule has 0 aliphatic rings. The minimum absolute atomic E-state index is 0.143. The largest absolute Gasteiger partial charge is 0.481 e. The van der Waals surface area contributed by atoms with Gasteiger partial charge in [-0.15, -0.1) is 0 Å². The third-order valence-corrected chi connectivity index (χ3v) is 2.49. The van der Waals surface area contributed by atoms with Crippen molar-refractivity contribution in [1.29, 1.82) is 0 Å². The average Bonchev–Trinajstić information content (AvgIpc) is 2.30. The van der Waals surface area contributed by atoms with Crippen LogP contribution in [-0.2, 0) is 14.3 Å². The van der Waals surface area contributed by atoms with Crippen LogP contribution in [0, 0.1) is 0 Å². The van der Waals surface area contributed by atoms with Crippen molar-refractivity contribution in [3.63, 3.8) is 0 Å². The lowest BCUT2D eigenvalue weighted by Crippen LogP contribution is -2.46. The van der Waals surface area contributed by atoms with Crippen LogP contribution in [0.3, 0.4) is 0 Å². The molecular formula is C14H26N2O5. The average molecular weight is 302 g/mol. The number of amides is 2. The van der Waals surface area contributed by atoms with Gasteiger partial charge in [0.25, 0.3) is 0 Å². The van der Waals surface area contributed by atoms with Crippen molar-refractivity contribution in [1.82, 2.24) is 10.6 Å². The third kappa shape index (κ3) is 11.7. The molecule has 7 heteroatoms. The molecule has 0 aliphatic carbocycles. The molecule has 0 heterocycles. The number of carboxylic acid groups (broad SMARTS) is 1. The lowest BCUT2D eigenvalue weighted by molar-refractivity contribution is -0.137. The Morgan fingerprint density at radius 1 is 1.14 bits per heavy atom. The summed E-state index contributed by atoms with van der Waals surface area (Å²) >= 11 is 0. The molecule has 1 unspecified atom stereocenters. The number of ether oxygens (including phenoxy) is 1. The van der Waals surface area contributed by atoms with Crippen LogP contribution in [0.5, 0.6) is 0 Å². The Hall–Kier alpha value is -1.79. The first-order chi connectivity index (χ1) is 9.61. The highest BCUT2D eigenvalue weighted by Crippen LogP contribution is 2.06. The summed E-state index contributed by atoms with van der Waals surface area (Å²) < 4.78 is 5.05. The fourth-order valence-corrected chi connectivity index (χ4v) is 1.49. The maximum absolute atomic E-state index is 11.7. The summed E-state index contributed by atoms with van der Waals surface area (Å²) in [5, 5.41) is 13.6. The number of alkyl carbamates (subject to hydrolysis) is 1. The summed E-state index contributed by atoms with van der Waals surface area (Å²) in [6.45, 7) is 7.26. The first-order valence-electron chi connectivity index (χ1n) is 7.11. The number of carbonyl (C=O) groups is 3. The highest BCUT2D eigenvalue weighted by Gasteiger charge is 2.20. The van der Waals surface area contributed by atoms with E-state index in [0.29, 0.717) is 19.4 Å². The molecule has 0 saturated heterocycles. The molecule has 7 nitrogen and oxygen atoms in total. The molecule has 21 heavy (non-hydrogen) atoms. The number of aliphatic carboxylic acids is 1. The molecule has 122 valence electrons. The highest BCUT2D eigenvalue weighted by molar-refractivity contribution is 5.85. The zero-order chi connectivity index (χ0) is 16.5. The Morgan fingerprint density at radius 3 is 2.29 bits per heavy atom. The van der Waals surface area contributed by atoms with Gasteiger partial charge in [-0.05, 0) is 40.5 Å². The van der Waals surface area contributed by atoms with Gasteiger partial charge in [0.15, 0.2) is 0 Å². The minimum Gasteiger partial charge on any atom is -0.481 e. The van der Waals surface area contributed by atoms with Gasteiger partial charge >= 0.3 is 12.1 Å². The maximum Gasteiger partial charge on any atom is 0.408 e. The molecule has 3 N–H and O–H groups in total. The van der Waals surface area contributed by atoms with Crippen molar-refractivity contribution in [2.75, 3.05) is 6.54 Å². The minimum atomic E-state index is -0.811. The topological polar surface area (TPSA) is 105 Å². The van der Waals surface area contributed by atoms with Gasteiger partial charge in [-0.2, -0.15) is 0 Å². The maximum atomic E-state index is 11.7. The summed E-state index contributed by atoms with van der Waals surface area (Å²) in [6.07, 6.45) is 1.55. The Bertz CT molecular complexity index is 363. The summed E-state index contributed by atoms with van der Waals surface area (Å²) in [5.74, 6) is -1.10. The van der Waals surface area contributed by atoms with Crippen LogP contribution in [0.2, 0.25) is 0 Å². The predicted molar refractivity (Wildman–Crippen MR) is 77.9 cm³/mol. The first kappa shape index (κ1) is 19.2. The lowest BCUT2D eigenvalue weighted by atomic mass is 10.2. The molecule has 0 fully saturated rings. The number of nitrogens with one attached hydrogen (secondary N) is 2. The molecular weight excluding hydrogens is 276 g/mol. The normalized spacial score (nSPS) is 12.4. The van der Waals surface area contributed by atoms with Gasteiger partial charge in [-0.1, -0.05) is 6.42 Å². The van der Waals surface area contributed by atoms with Crippen molar-refractivity contribution >= 4 is 18.0 Å². The molecule has 0 aromatic carbocycles. The quantitative estimate of drug-likeness (QED) is 0.591. The molecule has 0 aromatic rings. The molecule has 0 radical (unpaired) electrons. The second-order valence-electron chi connectivity index (χ2n) is 5.86. The summed E-state index contributed by atoms with van der Waals surface area (Å²) in [4.78, 5) is 33.5. The van der Waals surface area contributed by atoms with E-state index in [2.05, 4.69) is 10.6 Å². The summed E-state index contributed by atoms with van der Waals surface area (Å²) in [5.41, 5.74) is -0.607. The van der Waals surface area contributed by atoms with Gasteiger partial charge in [-0.25, -0.2) is 4.79 Å². The van der Waals surface area contributed by atoms with Crippen LogP contribution in [0.15, 0.2) is 0 Å². The second-order valence-corrected chi connectivity index (χ2v) is 5.86. The van der Waals surface area contributed by atoms with Gasteiger partial charge in [0.1, 0.15) is 11.6 Å². The highest BCUT2D eigenvalue weighted by atomic mass is 16.6. The predicted octanol–water partition coefficient (Wildman–Crippen LogP) is 1.66. The van der Waals surface area contributed by atoms with Gasteiger partial charge in [0.2, 0.25) is 5.91 Å². The lowest BCUT2D eigenvalue weighted by Gasteiger charge is -2.21. The number of hydrogen-bond acceptors (Lipinski definition) is 4. The van der Waals surface area contributed by atoms with E-state index in [0.717, 1.165) is 6.42 Å². The van der Waals surface area contributed by atoms with Gasteiger partial charge < -0.3 is 20.5 Å². The number of unbranched alkanes of at least 4 members (excludes halogenated alkanes) is 2. The van der Waals surface area contributed by atoms with Gasteiger partial charge in [0, 0.05) is 13.0 Å². The SMILES string of the molecule is CC(NC(=O)OC(C)(C)C)C(=O)NCCCCCC(=O)O. The summed E-state index contributed by atoms with van der Waals surface area (Å²) in [7, 11) is 0. The zero-order valence-electron chi connectivity index (χ0n) is 13.2. The fourth-order valence-electron chi connectivity index (χ4n) is 1.49. The molecule has 0 aromatic heterocycles. The second kappa shape index (κ2) is 9.20. The van der Waals surface area contributed by atoms with Crippen LogP contribution in [-0.4, -0.2) is 41.3 Å². The van der Waals surface area contributed by atoms with E-state index in [1.165, 1.54) is 0 Å². The van der Waals surface area contributed by atoms with E-state index >= 15 is 0 Å². The van der Waals surface area contributed by atoms with Crippen LogP contribution in [0.1, 0.15) is 53.4 Å². The monoisotopic (exact) mass is 302 g/mol. The third-order valence-electron chi connectivity index (χ3n) is 2.49. The van der Waals surface area contributed by atoms with Crippen LogP contribution in [0.4, 0.5) is 4.79 Å². The van der Waals surface area contributed by atoms with E-state index in [4.69, 9.17) is 9.84 Å². The van der Waals surface area contributed by atoms with E-state index in [1.54, 1.807) is 27.7 Å². The van der Waals surface area contributed by atoms with Gasteiger partial charge in [0.05, 0.1) is 0 Å². The van der Waals surface area contributed by atoms with E-state index in [-0.39, 0.29) is 12.3 Å². The standard InChI is InChI=1S/C14H26N2O5/c1-10(16-13(20)21-14(2,3)4)12(19)15-9-7-5-6-8-11(17)18/h10H,5-9H2,1-4H3,(H,15,19)(H,16,20)(H,17,18). The van der Waals surface area contributed by atoms with Crippen molar-refractivity contribution in [2.24, 2.45) is 0 Å². The molecule has 1 atom stereocenters. The van der Waals surface area contributed by atoms with Crippen LogP contribution in [0.25, 0.3) is 0 Å². The van der Waals surface area contributed by atoms with Crippen LogP contribution >= 0.6 is 0 Å². The number of carbonyl (C=O) groups excluding carboxylic acids is 2. The van der Waals surface area contributed by atoms with E-state index in [9.17, 15) is 14.4 Å². The van der Waals surface area contributed by atoms with Crippen LogP contribution < -0.4 is 10.6 Å². The molecule has 0 spiro atoms. The Labute approximate surface area is 125 Å². The van der Waals surface area contributed by atoms with Crippen molar-refractivity contribution in [2.45, 2.75) is 65.0 Å².